The number of ether oxygens (including phenoxy) is 1. The van der Waals surface area contributed by atoms with Crippen LogP contribution < -0.4 is 10.9 Å². The van der Waals surface area contributed by atoms with Crippen LogP contribution in [0.3, 0.4) is 0 Å². The van der Waals surface area contributed by atoms with E-state index in [0.717, 1.165) is 10.0 Å². The van der Waals surface area contributed by atoms with Crippen LogP contribution in [0, 0.1) is 6.92 Å². The molecule has 0 aliphatic rings. The number of rotatable bonds is 6. The molecule has 2 aromatic carbocycles. The van der Waals surface area contributed by atoms with Crippen molar-refractivity contribution in [2.75, 3.05) is 11.9 Å². The fourth-order valence-electron chi connectivity index (χ4n) is 2.87. The van der Waals surface area contributed by atoms with Crippen LogP contribution in [-0.4, -0.2) is 28.3 Å². The van der Waals surface area contributed by atoms with Gasteiger partial charge in [0.1, 0.15) is 0 Å². The lowest BCUT2D eigenvalue weighted by Crippen LogP contribution is -2.27. The van der Waals surface area contributed by atoms with Crippen LogP contribution in [0.5, 0.6) is 0 Å². The van der Waals surface area contributed by atoms with Crippen molar-refractivity contribution in [2.24, 2.45) is 0 Å². The Balaban J connectivity index is 1.77. The minimum absolute atomic E-state index is 0.0148. The van der Waals surface area contributed by atoms with Gasteiger partial charge in [-0.05, 0) is 43.2 Å². The number of nitrogens with one attached hydrogen (secondary N) is 1. The number of nitrogens with zero attached hydrogens (tertiary/aromatic N) is 2. The van der Waals surface area contributed by atoms with E-state index in [2.05, 4.69) is 26.3 Å². The van der Waals surface area contributed by atoms with Gasteiger partial charge < -0.3 is 10.1 Å². The first-order valence-electron chi connectivity index (χ1n) is 9.13. The number of amides is 1. The van der Waals surface area contributed by atoms with Gasteiger partial charge in [-0.25, -0.2) is 9.48 Å². The van der Waals surface area contributed by atoms with Crippen molar-refractivity contribution in [3.8, 4) is 0 Å². The van der Waals surface area contributed by atoms with Gasteiger partial charge in [0, 0.05) is 22.1 Å². The average molecular weight is 458 g/mol. The maximum Gasteiger partial charge on any atom is 0.359 e. The van der Waals surface area contributed by atoms with E-state index in [-0.39, 0.29) is 11.3 Å². The van der Waals surface area contributed by atoms with Crippen molar-refractivity contribution < 1.29 is 14.3 Å². The first-order chi connectivity index (χ1) is 13.9. The third-order valence-corrected chi connectivity index (χ3v) is 5.16. The Morgan fingerprint density at radius 1 is 1.17 bits per heavy atom. The van der Waals surface area contributed by atoms with Crippen molar-refractivity contribution >= 4 is 44.3 Å². The highest BCUT2D eigenvalue weighted by atomic mass is 79.9. The van der Waals surface area contributed by atoms with Gasteiger partial charge in [-0.15, -0.1) is 0 Å². The summed E-state index contributed by atoms with van der Waals surface area (Å²) in [4.78, 5) is 37.2. The summed E-state index contributed by atoms with van der Waals surface area (Å²) >= 11 is 3.40. The second-order valence-electron chi connectivity index (χ2n) is 6.51. The Hall–Kier alpha value is -3.00. The minimum atomic E-state index is -0.756. The molecule has 0 saturated carbocycles. The van der Waals surface area contributed by atoms with Gasteiger partial charge in [-0.2, -0.15) is 5.10 Å². The number of carbonyl (C=O) groups excluding carboxylic acids is 2. The number of aryl methyl sites for hydroxylation is 2. The molecule has 0 spiro atoms. The van der Waals surface area contributed by atoms with E-state index in [4.69, 9.17) is 4.74 Å². The normalized spacial score (nSPS) is 10.7. The number of aromatic nitrogens is 2. The van der Waals surface area contributed by atoms with Crippen LogP contribution in [0.2, 0.25) is 0 Å². The molecule has 0 unspecified atom stereocenters. The third-order valence-electron chi connectivity index (χ3n) is 4.27. The molecule has 0 saturated heterocycles. The van der Waals surface area contributed by atoms with Gasteiger partial charge in [-0.1, -0.05) is 41.1 Å². The van der Waals surface area contributed by atoms with E-state index >= 15 is 0 Å². The zero-order chi connectivity index (χ0) is 21.0. The van der Waals surface area contributed by atoms with Crippen molar-refractivity contribution in [2.45, 2.75) is 26.8 Å². The van der Waals surface area contributed by atoms with Crippen molar-refractivity contribution in [1.82, 2.24) is 9.78 Å². The molecule has 3 aromatic rings. The highest BCUT2D eigenvalue weighted by Crippen LogP contribution is 2.20. The second kappa shape index (κ2) is 9.00. The number of carbonyl (C=O) groups is 2. The lowest BCUT2D eigenvalue weighted by Gasteiger charge is -2.11. The Bertz CT molecular complexity index is 1140. The van der Waals surface area contributed by atoms with E-state index < -0.39 is 18.5 Å². The zero-order valence-electron chi connectivity index (χ0n) is 16.1. The molecule has 1 heterocycles. The first kappa shape index (κ1) is 20.7. The quantitative estimate of drug-likeness (QED) is 0.570. The van der Waals surface area contributed by atoms with E-state index in [0.29, 0.717) is 29.4 Å². The maximum atomic E-state index is 12.6. The minimum Gasteiger partial charge on any atom is -0.451 e. The Morgan fingerprint density at radius 3 is 2.59 bits per heavy atom. The van der Waals surface area contributed by atoms with Crippen molar-refractivity contribution in [3.63, 3.8) is 0 Å². The fraction of sp³-hybridized carbons (Fsp3) is 0.238. The first-order valence-corrected chi connectivity index (χ1v) is 9.93. The summed E-state index contributed by atoms with van der Waals surface area (Å²) < 4.78 is 7.35. The number of anilines is 1. The Labute approximate surface area is 175 Å². The molecule has 7 nitrogen and oxygen atoms in total. The molecule has 0 bridgehead atoms. The number of esters is 1. The van der Waals surface area contributed by atoms with Crippen molar-refractivity contribution in [3.05, 3.63) is 68.5 Å². The molecule has 3 rings (SSSR count). The van der Waals surface area contributed by atoms with Gasteiger partial charge >= 0.3 is 5.97 Å². The topological polar surface area (TPSA) is 90.3 Å². The highest BCUT2D eigenvalue weighted by Gasteiger charge is 2.19. The van der Waals surface area contributed by atoms with Gasteiger partial charge in [0.15, 0.2) is 12.3 Å². The van der Waals surface area contributed by atoms with Crippen LogP contribution in [0.4, 0.5) is 5.69 Å². The lowest BCUT2D eigenvalue weighted by molar-refractivity contribution is -0.119. The Morgan fingerprint density at radius 2 is 1.90 bits per heavy atom. The van der Waals surface area contributed by atoms with Gasteiger partial charge in [0.05, 0.1) is 5.39 Å². The predicted octanol–water partition coefficient (Wildman–Crippen LogP) is 3.67. The summed E-state index contributed by atoms with van der Waals surface area (Å²) in [6.45, 7) is 3.74. The standard InChI is InChI=1S/C21H20BrN3O4/c1-3-10-25-20(27)16-7-5-4-6-15(16)19(24-25)21(28)29-12-18(26)23-14-8-9-17(22)13(2)11-14/h4-9,11H,3,10,12H2,1-2H3,(H,23,26). The molecule has 0 atom stereocenters. The van der Waals surface area contributed by atoms with Crippen LogP contribution in [0.15, 0.2) is 51.7 Å². The molecule has 29 heavy (non-hydrogen) atoms. The zero-order valence-corrected chi connectivity index (χ0v) is 17.7. The molecule has 0 aliphatic heterocycles. The average Bonchev–Trinajstić information content (AvgIpc) is 2.71. The Kier molecular flexibility index (Phi) is 6.43. The van der Waals surface area contributed by atoms with Gasteiger partial charge in [0.2, 0.25) is 0 Å². The number of fused-ring (bicyclic) bond motifs is 1. The monoisotopic (exact) mass is 457 g/mol. The summed E-state index contributed by atoms with van der Waals surface area (Å²) in [7, 11) is 0. The molecule has 8 heteroatoms. The van der Waals surface area contributed by atoms with Gasteiger partial charge in [0.25, 0.3) is 11.5 Å². The summed E-state index contributed by atoms with van der Waals surface area (Å²) in [6.07, 6.45) is 0.689. The molecule has 0 aliphatic carbocycles. The summed E-state index contributed by atoms with van der Waals surface area (Å²) in [5.74, 6) is -1.22. The number of benzene rings is 2. The summed E-state index contributed by atoms with van der Waals surface area (Å²) in [5, 5.41) is 7.64. The lowest BCUT2D eigenvalue weighted by atomic mass is 10.1. The number of halogens is 1. The highest BCUT2D eigenvalue weighted by molar-refractivity contribution is 9.10. The molecular weight excluding hydrogens is 438 g/mol. The predicted molar refractivity (Wildman–Crippen MR) is 114 cm³/mol. The second-order valence-corrected chi connectivity index (χ2v) is 7.37. The van der Waals surface area contributed by atoms with Crippen LogP contribution in [0.25, 0.3) is 10.8 Å². The van der Waals surface area contributed by atoms with Crippen LogP contribution in [0.1, 0.15) is 29.4 Å². The number of hydrogen-bond acceptors (Lipinski definition) is 5. The molecule has 1 aromatic heterocycles. The van der Waals surface area contributed by atoms with Crippen LogP contribution >= 0.6 is 15.9 Å². The maximum absolute atomic E-state index is 12.6. The molecule has 150 valence electrons. The molecule has 0 radical (unpaired) electrons. The third kappa shape index (κ3) is 4.71. The van der Waals surface area contributed by atoms with E-state index in [1.807, 2.05) is 19.9 Å². The smallest absolute Gasteiger partial charge is 0.359 e. The van der Waals surface area contributed by atoms with E-state index in [1.54, 1.807) is 36.4 Å². The van der Waals surface area contributed by atoms with E-state index in [9.17, 15) is 14.4 Å². The molecular formula is C21H20BrN3O4. The molecule has 0 fully saturated rings. The SMILES string of the molecule is CCCn1nc(C(=O)OCC(=O)Nc2ccc(Br)c(C)c2)c2ccccc2c1=O. The summed E-state index contributed by atoms with van der Waals surface area (Å²) in [5.41, 5.74) is 1.32. The largest absolute Gasteiger partial charge is 0.451 e. The van der Waals surface area contributed by atoms with Crippen molar-refractivity contribution in [1.29, 1.82) is 0 Å². The molecule has 1 N–H and O–H groups in total. The molecule has 1 amide bonds. The summed E-state index contributed by atoms with van der Waals surface area (Å²) in [6, 6.07) is 12.1. The number of hydrogen-bond donors (Lipinski definition) is 1. The fourth-order valence-corrected chi connectivity index (χ4v) is 3.11. The van der Waals surface area contributed by atoms with Gasteiger partial charge in [-0.3, -0.25) is 9.59 Å². The van der Waals surface area contributed by atoms with Crippen LogP contribution in [-0.2, 0) is 16.1 Å². The van der Waals surface area contributed by atoms with E-state index in [1.165, 1.54) is 4.68 Å².